The third kappa shape index (κ3) is 1.35. The van der Waals surface area contributed by atoms with Crippen LogP contribution in [-0.2, 0) is 0 Å². The molecule has 5 unspecified atom stereocenters. The smallest absolute Gasteiger partial charge is 0.0188 e. The highest BCUT2D eigenvalue weighted by Gasteiger charge is 2.50. The summed E-state index contributed by atoms with van der Waals surface area (Å²) in [7, 11) is 0. The van der Waals surface area contributed by atoms with E-state index in [1.807, 2.05) is 10.5 Å². The van der Waals surface area contributed by atoms with Crippen molar-refractivity contribution in [2.75, 3.05) is 0 Å². The molecule has 5 atom stereocenters. The van der Waals surface area contributed by atoms with Crippen LogP contribution in [0.3, 0.4) is 0 Å². The van der Waals surface area contributed by atoms with E-state index in [0.717, 1.165) is 28.9 Å². The van der Waals surface area contributed by atoms with Gasteiger partial charge in [-0.2, -0.15) is 0 Å². The minimum absolute atomic E-state index is 0.931. The molecule has 3 aliphatic rings. The average molecular weight is 222 g/mol. The Morgan fingerprint density at radius 3 is 2.47 bits per heavy atom. The molecule has 0 nitrogen and oxygen atoms in total. The van der Waals surface area contributed by atoms with E-state index in [9.17, 15) is 0 Å². The van der Waals surface area contributed by atoms with Crippen LogP contribution in [-0.4, -0.2) is 5.25 Å². The lowest BCUT2D eigenvalue weighted by Gasteiger charge is -2.23. The lowest BCUT2D eigenvalue weighted by molar-refractivity contribution is 0.353. The van der Waals surface area contributed by atoms with Gasteiger partial charge in [0, 0.05) is 5.25 Å². The fourth-order valence-electron chi connectivity index (χ4n) is 3.98. The molecule has 1 heterocycles. The standard InChI is InChI=1S/C14H22S/c1-8-9(2)13-11-6-4-5-7-12(11)15-14(13)10(8)3/h8-10,13-14H,4-7H2,1-3H3. The van der Waals surface area contributed by atoms with Crippen molar-refractivity contribution < 1.29 is 0 Å². The van der Waals surface area contributed by atoms with Crippen molar-refractivity contribution in [3.05, 3.63) is 10.5 Å². The molecule has 0 bridgehead atoms. The molecule has 0 N–H and O–H groups in total. The lowest BCUT2D eigenvalue weighted by atomic mass is 9.82. The Morgan fingerprint density at radius 2 is 1.67 bits per heavy atom. The summed E-state index contributed by atoms with van der Waals surface area (Å²) in [6, 6.07) is 0. The Bertz CT molecular complexity index is 304. The maximum atomic E-state index is 2.50. The minimum atomic E-state index is 0.931. The van der Waals surface area contributed by atoms with Crippen molar-refractivity contribution in [2.45, 2.75) is 51.7 Å². The Kier molecular flexibility index (Phi) is 2.43. The molecule has 2 aliphatic carbocycles. The van der Waals surface area contributed by atoms with Gasteiger partial charge >= 0.3 is 0 Å². The van der Waals surface area contributed by atoms with Gasteiger partial charge in [0.2, 0.25) is 0 Å². The number of rotatable bonds is 0. The van der Waals surface area contributed by atoms with E-state index >= 15 is 0 Å². The van der Waals surface area contributed by atoms with Gasteiger partial charge in [-0.15, -0.1) is 11.8 Å². The number of thioether (sulfide) groups is 1. The quantitative estimate of drug-likeness (QED) is 0.583. The third-order valence-corrected chi connectivity index (χ3v) is 6.98. The molecule has 0 amide bonds. The van der Waals surface area contributed by atoms with Crippen LogP contribution in [0.4, 0.5) is 0 Å². The predicted octanol–water partition coefficient (Wildman–Crippen LogP) is 4.47. The second-order valence-electron chi connectivity index (χ2n) is 5.84. The predicted molar refractivity (Wildman–Crippen MR) is 67.9 cm³/mol. The Hall–Kier alpha value is 0.0900. The summed E-state index contributed by atoms with van der Waals surface area (Å²) in [6.07, 6.45) is 5.73. The summed E-state index contributed by atoms with van der Waals surface area (Å²) in [5.41, 5.74) is 1.89. The Labute approximate surface area is 97.9 Å². The highest BCUT2D eigenvalue weighted by atomic mass is 32.2. The van der Waals surface area contributed by atoms with Crippen LogP contribution in [0, 0.1) is 23.7 Å². The first-order valence-electron chi connectivity index (χ1n) is 6.58. The van der Waals surface area contributed by atoms with Crippen molar-refractivity contribution in [2.24, 2.45) is 23.7 Å². The second-order valence-corrected chi connectivity index (χ2v) is 7.11. The fourth-order valence-corrected chi connectivity index (χ4v) is 5.98. The van der Waals surface area contributed by atoms with Crippen LogP contribution in [0.25, 0.3) is 0 Å². The van der Waals surface area contributed by atoms with Gasteiger partial charge in [-0.3, -0.25) is 0 Å². The van der Waals surface area contributed by atoms with E-state index < -0.39 is 0 Å². The van der Waals surface area contributed by atoms with Gasteiger partial charge in [-0.25, -0.2) is 0 Å². The van der Waals surface area contributed by atoms with E-state index in [1.165, 1.54) is 25.7 Å². The van der Waals surface area contributed by atoms with Crippen LogP contribution in [0.5, 0.6) is 0 Å². The molecule has 15 heavy (non-hydrogen) atoms. The van der Waals surface area contributed by atoms with Crippen LogP contribution < -0.4 is 0 Å². The largest absolute Gasteiger partial charge is 0.126 e. The van der Waals surface area contributed by atoms with Crippen molar-refractivity contribution in [1.82, 2.24) is 0 Å². The maximum absolute atomic E-state index is 2.50. The molecule has 1 fully saturated rings. The van der Waals surface area contributed by atoms with Crippen LogP contribution >= 0.6 is 11.8 Å². The number of allylic oxidation sites excluding steroid dienone is 2. The number of fused-ring (bicyclic) bond motifs is 2. The molecule has 0 saturated heterocycles. The molecule has 0 radical (unpaired) electrons. The zero-order valence-corrected chi connectivity index (χ0v) is 10.9. The zero-order valence-electron chi connectivity index (χ0n) is 10.1. The molecule has 0 spiro atoms. The summed E-state index contributed by atoms with van der Waals surface area (Å²) in [4.78, 5) is 1.81. The van der Waals surface area contributed by atoms with Crippen LogP contribution in [0.2, 0.25) is 0 Å². The Morgan fingerprint density at radius 1 is 0.933 bits per heavy atom. The molecule has 0 aromatic rings. The Balaban J connectivity index is 1.93. The minimum Gasteiger partial charge on any atom is -0.126 e. The second kappa shape index (κ2) is 3.55. The highest BCUT2D eigenvalue weighted by Crippen LogP contribution is 2.60. The van der Waals surface area contributed by atoms with Crippen molar-refractivity contribution in [1.29, 1.82) is 0 Å². The summed E-state index contributed by atoms with van der Waals surface area (Å²) in [5, 5.41) is 0.943. The van der Waals surface area contributed by atoms with Crippen molar-refractivity contribution in [3.63, 3.8) is 0 Å². The van der Waals surface area contributed by atoms with E-state index in [4.69, 9.17) is 0 Å². The molecular weight excluding hydrogens is 200 g/mol. The van der Waals surface area contributed by atoms with Gasteiger partial charge in [0.25, 0.3) is 0 Å². The number of hydrogen-bond acceptors (Lipinski definition) is 1. The topological polar surface area (TPSA) is 0 Å². The van der Waals surface area contributed by atoms with Gasteiger partial charge in [0.15, 0.2) is 0 Å². The summed E-state index contributed by atoms with van der Waals surface area (Å²) in [5.74, 6) is 3.75. The van der Waals surface area contributed by atoms with Crippen molar-refractivity contribution >= 4 is 11.8 Å². The molecular formula is C14H22S. The lowest BCUT2D eigenvalue weighted by Crippen LogP contribution is -2.16. The zero-order chi connectivity index (χ0) is 10.6. The van der Waals surface area contributed by atoms with Crippen LogP contribution in [0.1, 0.15) is 46.5 Å². The van der Waals surface area contributed by atoms with Crippen LogP contribution in [0.15, 0.2) is 10.5 Å². The highest BCUT2D eigenvalue weighted by molar-refractivity contribution is 8.04. The van der Waals surface area contributed by atoms with Gasteiger partial charge < -0.3 is 0 Å². The van der Waals surface area contributed by atoms with E-state index in [0.29, 0.717) is 0 Å². The first kappa shape index (κ1) is 10.3. The third-order valence-electron chi connectivity index (χ3n) is 5.24. The summed E-state index contributed by atoms with van der Waals surface area (Å²) >= 11 is 2.26. The first-order chi connectivity index (χ1) is 7.20. The van der Waals surface area contributed by atoms with Gasteiger partial charge in [-0.05, 0) is 54.3 Å². The van der Waals surface area contributed by atoms with Gasteiger partial charge in [0.1, 0.15) is 0 Å². The first-order valence-corrected chi connectivity index (χ1v) is 7.46. The summed E-state index contributed by atoms with van der Waals surface area (Å²) in [6.45, 7) is 7.45. The molecule has 0 aromatic heterocycles. The molecule has 1 saturated carbocycles. The summed E-state index contributed by atoms with van der Waals surface area (Å²) < 4.78 is 0. The molecule has 3 rings (SSSR count). The molecule has 0 aromatic carbocycles. The fraction of sp³-hybridized carbons (Fsp3) is 0.857. The average Bonchev–Trinajstić information content (AvgIpc) is 2.72. The maximum Gasteiger partial charge on any atom is 0.0188 e. The number of hydrogen-bond donors (Lipinski definition) is 0. The van der Waals surface area contributed by atoms with Crippen molar-refractivity contribution in [3.8, 4) is 0 Å². The van der Waals surface area contributed by atoms with E-state index in [-0.39, 0.29) is 0 Å². The molecule has 84 valence electrons. The van der Waals surface area contributed by atoms with E-state index in [2.05, 4.69) is 32.5 Å². The molecule has 1 heteroatoms. The van der Waals surface area contributed by atoms with Gasteiger partial charge in [0.05, 0.1) is 0 Å². The van der Waals surface area contributed by atoms with E-state index in [1.54, 1.807) is 0 Å². The SMILES string of the molecule is CC1C(C)C2SC3=C(CCCC3)C2C1C. The van der Waals surface area contributed by atoms with Gasteiger partial charge in [-0.1, -0.05) is 26.3 Å². The normalized spacial score (nSPS) is 49.4. The molecule has 1 aliphatic heterocycles. The monoisotopic (exact) mass is 222 g/mol.